The third kappa shape index (κ3) is 3.05. The molecule has 17 heavy (non-hydrogen) atoms. The van der Waals surface area contributed by atoms with E-state index in [4.69, 9.17) is 9.84 Å². The molecule has 0 bridgehead atoms. The van der Waals surface area contributed by atoms with E-state index in [1.165, 1.54) is 0 Å². The molecule has 0 radical (unpaired) electrons. The highest BCUT2D eigenvalue weighted by Crippen LogP contribution is 2.25. The third-order valence-electron chi connectivity index (χ3n) is 3.16. The quantitative estimate of drug-likeness (QED) is 0.834. The van der Waals surface area contributed by atoms with Crippen molar-refractivity contribution in [3.05, 3.63) is 35.4 Å². The molecule has 0 unspecified atom stereocenters. The van der Waals surface area contributed by atoms with Crippen LogP contribution in [0.3, 0.4) is 0 Å². The van der Waals surface area contributed by atoms with Crippen LogP contribution in [-0.4, -0.2) is 35.0 Å². The van der Waals surface area contributed by atoms with Crippen molar-refractivity contribution in [3.63, 3.8) is 0 Å². The van der Waals surface area contributed by atoms with E-state index in [1.807, 2.05) is 0 Å². The van der Waals surface area contributed by atoms with E-state index < -0.39 is 11.6 Å². The van der Waals surface area contributed by atoms with Crippen LogP contribution in [0.2, 0.25) is 0 Å². The van der Waals surface area contributed by atoms with Gasteiger partial charge in [0, 0.05) is 19.6 Å². The molecule has 0 saturated carbocycles. The molecular formula is C13H16O4. The molecule has 0 aromatic heterocycles. The zero-order valence-electron chi connectivity index (χ0n) is 9.56. The lowest BCUT2D eigenvalue weighted by Crippen LogP contribution is -2.38. The van der Waals surface area contributed by atoms with Gasteiger partial charge in [-0.2, -0.15) is 0 Å². The van der Waals surface area contributed by atoms with Crippen molar-refractivity contribution in [2.75, 3.05) is 13.2 Å². The number of hydrogen-bond acceptors (Lipinski definition) is 3. The predicted molar refractivity (Wildman–Crippen MR) is 62.1 cm³/mol. The van der Waals surface area contributed by atoms with Crippen LogP contribution in [0.4, 0.5) is 0 Å². The molecule has 1 aromatic carbocycles. The van der Waals surface area contributed by atoms with Crippen LogP contribution in [0.15, 0.2) is 24.3 Å². The lowest BCUT2D eigenvalue weighted by Gasteiger charge is -2.32. The smallest absolute Gasteiger partial charge is 0.335 e. The summed E-state index contributed by atoms with van der Waals surface area (Å²) in [6, 6.07) is 6.66. The Bertz CT molecular complexity index is 390. The van der Waals surface area contributed by atoms with Gasteiger partial charge in [0.05, 0.1) is 11.2 Å². The third-order valence-corrected chi connectivity index (χ3v) is 3.16. The SMILES string of the molecule is O=C(O)c1ccc(CC2(O)CCOCC2)cc1. The Kier molecular flexibility index (Phi) is 3.45. The molecular weight excluding hydrogens is 220 g/mol. The number of aromatic carboxylic acids is 1. The zero-order chi connectivity index (χ0) is 12.3. The summed E-state index contributed by atoms with van der Waals surface area (Å²) in [4.78, 5) is 10.7. The summed E-state index contributed by atoms with van der Waals surface area (Å²) < 4.78 is 5.22. The number of hydrogen-bond donors (Lipinski definition) is 2. The van der Waals surface area contributed by atoms with Crippen LogP contribution >= 0.6 is 0 Å². The number of rotatable bonds is 3. The summed E-state index contributed by atoms with van der Waals surface area (Å²) in [5.74, 6) is -0.929. The van der Waals surface area contributed by atoms with Crippen LogP contribution in [0.25, 0.3) is 0 Å². The molecule has 4 heteroatoms. The van der Waals surface area contributed by atoms with E-state index >= 15 is 0 Å². The maximum absolute atomic E-state index is 10.7. The molecule has 0 atom stereocenters. The van der Waals surface area contributed by atoms with Crippen LogP contribution in [0.5, 0.6) is 0 Å². The van der Waals surface area contributed by atoms with E-state index in [0.29, 0.717) is 32.5 Å². The van der Waals surface area contributed by atoms with Crippen molar-refractivity contribution in [3.8, 4) is 0 Å². The first-order valence-electron chi connectivity index (χ1n) is 5.71. The van der Waals surface area contributed by atoms with Gasteiger partial charge in [0.1, 0.15) is 0 Å². The summed E-state index contributed by atoms with van der Waals surface area (Å²) in [6.45, 7) is 1.17. The van der Waals surface area contributed by atoms with Crippen molar-refractivity contribution in [1.82, 2.24) is 0 Å². The average molecular weight is 236 g/mol. The largest absolute Gasteiger partial charge is 0.478 e. The molecule has 2 rings (SSSR count). The highest BCUT2D eigenvalue weighted by molar-refractivity contribution is 5.87. The highest BCUT2D eigenvalue weighted by Gasteiger charge is 2.29. The standard InChI is InChI=1S/C13H16O4/c14-12(15)11-3-1-10(2-4-11)9-13(16)5-7-17-8-6-13/h1-4,16H,5-9H2,(H,14,15). The topological polar surface area (TPSA) is 66.8 Å². The van der Waals surface area contributed by atoms with Gasteiger partial charge in [-0.3, -0.25) is 0 Å². The van der Waals surface area contributed by atoms with Crippen LogP contribution in [0.1, 0.15) is 28.8 Å². The summed E-state index contributed by atoms with van der Waals surface area (Å²) in [5, 5.41) is 19.1. The minimum Gasteiger partial charge on any atom is -0.478 e. The molecule has 4 nitrogen and oxygen atoms in total. The number of aliphatic hydroxyl groups is 1. The number of carboxylic acid groups (broad SMARTS) is 1. The molecule has 0 amide bonds. The van der Waals surface area contributed by atoms with E-state index in [-0.39, 0.29) is 5.56 Å². The van der Waals surface area contributed by atoms with Crippen LogP contribution in [-0.2, 0) is 11.2 Å². The Labute approximate surface area is 99.8 Å². The maximum Gasteiger partial charge on any atom is 0.335 e. The van der Waals surface area contributed by atoms with Gasteiger partial charge in [0.25, 0.3) is 0 Å². The minimum atomic E-state index is -0.929. The van der Waals surface area contributed by atoms with Gasteiger partial charge in [0.2, 0.25) is 0 Å². The molecule has 1 fully saturated rings. The van der Waals surface area contributed by atoms with E-state index in [9.17, 15) is 9.90 Å². The van der Waals surface area contributed by atoms with Gasteiger partial charge in [-0.25, -0.2) is 4.79 Å². The Morgan fingerprint density at radius 1 is 1.24 bits per heavy atom. The van der Waals surface area contributed by atoms with E-state index in [0.717, 1.165) is 5.56 Å². The Morgan fingerprint density at radius 3 is 2.35 bits per heavy atom. The summed E-state index contributed by atoms with van der Waals surface area (Å²) in [7, 11) is 0. The van der Waals surface area contributed by atoms with Crippen molar-refractivity contribution in [2.24, 2.45) is 0 Å². The first-order valence-corrected chi connectivity index (χ1v) is 5.71. The van der Waals surface area contributed by atoms with Gasteiger partial charge in [-0.15, -0.1) is 0 Å². The maximum atomic E-state index is 10.7. The molecule has 0 spiro atoms. The fraction of sp³-hybridized carbons (Fsp3) is 0.462. The summed E-state index contributed by atoms with van der Waals surface area (Å²) >= 11 is 0. The van der Waals surface area contributed by atoms with Crippen molar-refractivity contribution >= 4 is 5.97 Å². The highest BCUT2D eigenvalue weighted by atomic mass is 16.5. The predicted octanol–water partition coefficient (Wildman–Crippen LogP) is 1.47. The molecule has 2 N–H and O–H groups in total. The van der Waals surface area contributed by atoms with Gasteiger partial charge >= 0.3 is 5.97 Å². The van der Waals surface area contributed by atoms with Gasteiger partial charge in [-0.1, -0.05) is 12.1 Å². The lowest BCUT2D eigenvalue weighted by molar-refractivity contribution is -0.0625. The molecule has 1 aliphatic heterocycles. The fourth-order valence-corrected chi connectivity index (χ4v) is 2.07. The molecule has 1 aliphatic rings. The Balaban J connectivity index is 2.05. The van der Waals surface area contributed by atoms with Crippen molar-refractivity contribution in [2.45, 2.75) is 24.9 Å². The molecule has 1 heterocycles. The first-order chi connectivity index (χ1) is 8.09. The summed E-state index contributed by atoms with van der Waals surface area (Å²) in [5.41, 5.74) is 0.523. The van der Waals surface area contributed by atoms with Crippen molar-refractivity contribution < 1.29 is 19.7 Å². The van der Waals surface area contributed by atoms with Crippen LogP contribution < -0.4 is 0 Å². The lowest BCUT2D eigenvalue weighted by atomic mass is 9.87. The van der Waals surface area contributed by atoms with E-state index in [1.54, 1.807) is 24.3 Å². The molecule has 1 aromatic rings. The fourth-order valence-electron chi connectivity index (χ4n) is 2.07. The van der Waals surface area contributed by atoms with Gasteiger partial charge in [-0.05, 0) is 30.5 Å². The number of benzene rings is 1. The molecule has 92 valence electrons. The number of carboxylic acids is 1. The van der Waals surface area contributed by atoms with Crippen molar-refractivity contribution in [1.29, 1.82) is 0 Å². The average Bonchev–Trinajstić information content (AvgIpc) is 2.30. The minimum absolute atomic E-state index is 0.271. The molecule has 1 saturated heterocycles. The van der Waals surface area contributed by atoms with Gasteiger partial charge in [0.15, 0.2) is 0 Å². The zero-order valence-corrected chi connectivity index (χ0v) is 9.56. The normalized spacial score (nSPS) is 18.9. The second-order valence-electron chi connectivity index (χ2n) is 4.52. The number of ether oxygens (including phenoxy) is 1. The second-order valence-corrected chi connectivity index (χ2v) is 4.52. The van der Waals surface area contributed by atoms with Gasteiger partial charge < -0.3 is 14.9 Å². The number of carbonyl (C=O) groups is 1. The second kappa shape index (κ2) is 4.85. The first kappa shape index (κ1) is 12.1. The van der Waals surface area contributed by atoms with Crippen LogP contribution in [0, 0.1) is 0 Å². The molecule has 0 aliphatic carbocycles. The Hall–Kier alpha value is -1.39. The monoisotopic (exact) mass is 236 g/mol. The van der Waals surface area contributed by atoms with E-state index in [2.05, 4.69) is 0 Å². The summed E-state index contributed by atoms with van der Waals surface area (Å²) in [6.07, 6.45) is 1.82. The Morgan fingerprint density at radius 2 is 1.82 bits per heavy atom.